The maximum Gasteiger partial charge on any atom is 0.303 e. The fourth-order valence-corrected chi connectivity index (χ4v) is 3.61. The van der Waals surface area contributed by atoms with Crippen LogP contribution >= 0.6 is 0 Å². The molecule has 1 fully saturated rings. The van der Waals surface area contributed by atoms with Crippen LogP contribution in [0.1, 0.15) is 34.1 Å². The van der Waals surface area contributed by atoms with Gasteiger partial charge < -0.3 is 9.84 Å². The first kappa shape index (κ1) is 16.6. The van der Waals surface area contributed by atoms with E-state index in [4.69, 9.17) is 4.74 Å². The number of carbonyl (C=O) groups excluding carboxylic acids is 3. The van der Waals surface area contributed by atoms with Crippen molar-refractivity contribution in [2.24, 2.45) is 17.3 Å². The maximum atomic E-state index is 12.5. The van der Waals surface area contributed by atoms with Gasteiger partial charge in [0.15, 0.2) is 11.9 Å². The molecule has 4 atom stereocenters. The summed E-state index contributed by atoms with van der Waals surface area (Å²) in [7, 11) is 0. The first-order valence-corrected chi connectivity index (χ1v) is 7.37. The molecule has 2 aliphatic rings. The molecule has 0 aromatic carbocycles. The molecule has 0 radical (unpaired) electrons. The van der Waals surface area contributed by atoms with Crippen molar-refractivity contribution in [1.29, 1.82) is 0 Å². The Morgan fingerprint density at radius 1 is 1.36 bits per heavy atom. The van der Waals surface area contributed by atoms with Crippen LogP contribution in [-0.4, -0.2) is 34.9 Å². The highest BCUT2D eigenvalue weighted by Crippen LogP contribution is 2.55. The Balaban J connectivity index is 2.45. The summed E-state index contributed by atoms with van der Waals surface area (Å²) in [5, 5.41) is 10.4. The molecule has 0 aliphatic heterocycles. The van der Waals surface area contributed by atoms with E-state index in [0.717, 1.165) is 0 Å². The average molecular weight is 306 g/mol. The van der Waals surface area contributed by atoms with Crippen molar-refractivity contribution in [3.8, 4) is 0 Å². The van der Waals surface area contributed by atoms with Gasteiger partial charge in [-0.2, -0.15) is 0 Å². The second-order valence-corrected chi connectivity index (χ2v) is 6.90. The third-order valence-electron chi connectivity index (χ3n) is 4.80. The summed E-state index contributed by atoms with van der Waals surface area (Å²) in [5.74, 6) is -2.05. The molecule has 5 nitrogen and oxygen atoms in total. The first-order valence-electron chi connectivity index (χ1n) is 7.37. The molecule has 0 saturated heterocycles. The van der Waals surface area contributed by atoms with Crippen molar-refractivity contribution in [3.05, 3.63) is 23.8 Å². The van der Waals surface area contributed by atoms with Crippen molar-refractivity contribution in [1.82, 2.24) is 0 Å². The Kier molecular flexibility index (Phi) is 4.13. The Labute approximate surface area is 130 Å². The molecule has 0 aromatic rings. The van der Waals surface area contributed by atoms with Crippen LogP contribution in [0.4, 0.5) is 0 Å². The lowest BCUT2D eigenvalue weighted by atomic mass is 9.51. The number of esters is 1. The van der Waals surface area contributed by atoms with E-state index in [-0.39, 0.29) is 22.8 Å². The fourth-order valence-electron chi connectivity index (χ4n) is 3.61. The van der Waals surface area contributed by atoms with Crippen LogP contribution < -0.4 is 0 Å². The second-order valence-electron chi connectivity index (χ2n) is 6.90. The largest absolute Gasteiger partial charge is 0.450 e. The van der Waals surface area contributed by atoms with Crippen LogP contribution in [0.25, 0.3) is 0 Å². The number of hydrogen-bond donors (Lipinski definition) is 1. The highest BCUT2D eigenvalue weighted by atomic mass is 16.5. The summed E-state index contributed by atoms with van der Waals surface area (Å²) < 4.78 is 5.02. The minimum absolute atomic E-state index is 0.225. The lowest BCUT2D eigenvalue weighted by Gasteiger charge is -2.53. The standard InChI is InChI=1S/C17H22O5/c1-8-6-12(22-10(3)18)15(20)9(2)11-7-17(4,5)13(11)16(21)14(8)19/h6,11-13,16,21H,2,7H2,1,3-5H3/b8-6-/t11-,12-,13+,16-/m1/s1. The zero-order chi connectivity index (χ0) is 16.8. The van der Waals surface area contributed by atoms with Gasteiger partial charge in [-0.3, -0.25) is 14.4 Å². The molecule has 0 bridgehead atoms. The molecule has 0 aromatic heterocycles. The van der Waals surface area contributed by atoms with Gasteiger partial charge in [0, 0.05) is 12.8 Å². The zero-order valence-corrected chi connectivity index (χ0v) is 13.4. The first-order chi connectivity index (χ1) is 10.1. The van der Waals surface area contributed by atoms with E-state index >= 15 is 0 Å². The van der Waals surface area contributed by atoms with Crippen LogP contribution in [0.2, 0.25) is 0 Å². The summed E-state index contributed by atoms with van der Waals surface area (Å²) in [6.07, 6.45) is -0.356. The highest BCUT2D eigenvalue weighted by Gasteiger charge is 2.55. The summed E-state index contributed by atoms with van der Waals surface area (Å²) in [5.41, 5.74) is 0.293. The predicted octanol–water partition coefficient (Wildman–Crippen LogP) is 1.60. The van der Waals surface area contributed by atoms with Gasteiger partial charge in [0.05, 0.1) is 0 Å². The predicted molar refractivity (Wildman–Crippen MR) is 79.8 cm³/mol. The second kappa shape index (κ2) is 5.47. The normalized spacial score (nSPS) is 37.0. The topological polar surface area (TPSA) is 80.7 Å². The van der Waals surface area contributed by atoms with Crippen LogP contribution in [0.3, 0.4) is 0 Å². The van der Waals surface area contributed by atoms with Crippen LogP contribution in [-0.2, 0) is 19.1 Å². The minimum Gasteiger partial charge on any atom is -0.450 e. The molecule has 0 amide bonds. The molecule has 0 spiro atoms. The van der Waals surface area contributed by atoms with Crippen molar-refractivity contribution in [3.63, 3.8) is 0 Å². The van der Waals surface area contributed by atoms with E-state index < -0.39 is 29.7 Å². The SMILES string of the molecule is C=C1C(=O)[C@H](OC(C)=O)/C=C(/C)C(=O)[C@H](O)[C@@H]2[C@@H]1CC2(C)C. The third kappa shape index (κ3) is 2.65. The van der Waals surface area contributed by atoms with Gasteiger partial charge in [-0.05, 0) is 41.9 Å². The number of aliphatic hydroxyl groups excluding tert-OH is 1. The number of carbonyl (C=O) groups is 3. The van der Waals surface area contributed by atoms with Crippen molar-refractivity contribution in [2.75, 3.05) is 0 Å². The van der Waals surface area contributed by atoms with Crippen LogP contribution in [0.5, 0.6) is 0 Å². The molecule has 0 unspecified atom stereocenters. The molecular formula is C17H22O5. The number of rotatable bonds is 1. The van der Waals surface area contributed by atoms with E-state index in [1.54, 1.807) is 0 Å². The van der Waals surface area contributed by atoms with Crippen LogP contribution in [0.15, 0.2) is 23.8 Å². The Hall–Kier alpha value is -1.75. The highest BCUT2D eigenvalue weighted by molar-refractivity contribution is 6.05. The van der Waals surface area contributed by atoms with Crippen molar-refractivity contribution >= 4 is 17.5 Å². The molecule has 1 N–H and O–H groups in total. The summed E-state index contributed by atoms with van der Waals surface area (Å²) in [4.78, 5) is 36.1. The van der Waals surface area contributed by atoms with E-state index in [1.165, 1.54) is 19.9 Å². The quantitative estimate of drug-likeness (QED) is 0.588. The number of ether oxygens (including phenoxy) is 1. The monoisotopic (exact) mass is 306 g/mol. The van der Waals surface area contributed by atoms with Gasteiger partial charge in [0.1, 0.15) is 6.10 Å². The van der Waals surface area contributed by atoms with E-state index in [1.807, 2.05) is 13.8 Å². The van der Waals surface area contributed by atoms with Gasteiger partial charge in [0.2, 0.25) is 5.78 Å². The van der Waals surface area contributed by atoms with Gasteiger partial charge in [-0.15, -0.1) is 0 Å². The lowest BCUT2D eigenvalue weighted by Crippen LogP contribution is -2.54. The molecule has 1 saturated carbocycles. The zero-order valence-electron chi connectivity index (χ0n) is 13.4. The van der Waals surface area contributed by atoms with E-state index in [2.05, 4.69) is 6.58 Å². The number of Topliss-reactive ketones (excluding diaryl/α,β-unsaturated/α-hetero) is 2. The number of aliphatic hydroxyl groups is 1. The van der Waals surface area contributed by atoms with E-state index in [9.17, 15) is 19.5 Å². The van der Waals surface area contributed by atoms with Crippen LogP contribution in [0, 0.1) is 17.3 Å². The van der Waals surface area contributed by atoms with Gasteiger partial charge in [0.25, 0.3) is 0 Å². The molecule has 0 heterocycles. The van der Waals surface area contributed by atoms with Crippen molar-refractivity contribution in [2.45, 2.75) is 46.3 Å². The Morgan fingerprint density at radius 2 is 1.95 bits per heavy atom. The molecule has 2 aliphatic carbocycles. The summed E-state index contributed by atoms with van der Waals surface area (Å²) >= 11 is 0. The Morgan fingerprint density at radius 3 is 2.45 bits per heavy atom. The number of ketones is 2. The van der Waals surface area contributed by atoms with Gasteiger partial charge in [-0.25, -0.2) is 0 Å². The average Bonchev–Trinajstić information content (AvgIpc) is 2.41. The molecule has 5 heteroatoms. The summed E-state index contributed by atoms with van der Waals surface area (Å²) in [6, 6.07) is 0. The number of fused-ring (bicyclic) bond motifs is 1. The molecular weight excluding hydrogens is 284 g/mol. The van der Waals surface area contributed by atoms with E-state index in [0.29, 0.717) is 12.0 Å². The lowest BCUT2D eigenvalue weighted by molar-refractivity contribution is -0.150. The van der Waals surface area contributed by atoms with Gasteiger partial charge in [-0.1, -0.05) is 20.4 Å². The Bertz CT molecular complexity index is 584. The molecule has 2 rings (SSSR count). The summed E-state index contributed by atoms with van der Waals surface area (Å²) in [6.45, 7) is 10.5. The smallest absolute Gasteiger partial charge is 0.303 e. The fraction of sp³-hybridized carbons (Fsp3) is 0.588. The van der Waals surface area contributed by atoms with Gasteiger partial charge >= 0.3 is 5.97 Å². The van der Waals surface area contributed by atoms with Crippen molar-refractivity contribution < 1.29 is 24.2 Å². The minimum atomic E-state index is -1.18. The molecule has 120 valence electrons. The number of hydrogen-bond acceptors (Lipinski definition) is 5. The molecule has 22 heavy (non-hydrogen) atoms. The maximum absolute atomic E-state index is 12.5. The third-order valence-corrected chi connectivity index (χ3v) is 4.80.